The van der Waals surface area contributed by atoms with Crippen molar-refractivity contribution < 1.29 is 4.74 Å². The van der Waals surface area contributed by atoms with E-state index in [1.54, 1.807) is 0 Å². The van der Waals surface area contributed by atoms with Crippen LogP contribution in [0.3, 0.4) is 0 Å². The molecular formula is C45H27NO. The van der Waals surface area contributed by atoms with Gasteiger partial charge in [0.2, 0.25) is 0 Å². The number of hydrogen-bond donors (Lipinski definition) is 0. The van der Waals surface area contributed by atoms with Crippen LogP contribution in [-0.4, -0.2) is 0 Å². The molecule has 10 rings (SSSR count). The summed E-state index contributed by atoms with van der Waals surface area (Å²) in [5, 5.41) is 4.88. The summed E-state index contributed by atoms with van der Waals surface area (Å²) in [5.74, 6) is 1.69. The first-order valence-electron chi connectivity index (χ1n) is 16.0. The van der Waals surface area contributed by atoms with Crippen molar-refractivity contribution in [2.75, 3.05) is 4.90 Å². The Bertz CT molecular complexity index is 2460. The summed E-state index contributed by atoms with van der Waals surface area (Å²) < 4.78 is 6.54. The second-order valence-corrected chi connectivity index (χ2v) is 12.3. The van der Waals surface area contributed by atoms with Crippen molar-refractivity contribution in [2.45, 2.75) is 5.41 Å². The van der Waals surface area contributed by atoms with E-state index in [0.29, 0.717) is 0 Å². The molecule has 1 atom stereocenters. The standard InChI is InChI=1S/C45H27NO/c1-2-16-32(17-3-1)46(41-22-12-15-30-13-4-6-18-34(30)41)33-26-28-37-36(29-33)44-35-19-7-5-14-31(35)25-27-40(44)45(37)38-20-8-10-23-42(38)47-43-24-11-9-21-39(43)45/h1-8,10-20,22-29H. The van der Waals surface area contributed by atoms with Gasteiger partial charge in [-0.15, -0.1) is 0 Å². The molecule has 218 valence electrons. The lowest BCUT2D eigenvalue weighted by Gasteiger charge is -2.38. The van der Waals surface area contributed by atoms with Gasteiger partial charge in [-0.3, -0.25) is 0 Å². The van der Waals surface area contributed by atoms with Crippen molar-refractivity contribution in [3.05, 3.63) is 198 Å². The summed E-state index contributed by atoms with van der Waals surface area (Å²) in [4.78, 5) is 2.39. The molecule has 0 saturated carbocycles. The first-order valence-corrected chi connectivity index (χ1v) is 16.0. The van der Waals surface area contributed by atoms with Crippen LogP contribution in [-0.2, 0) is 5.41 Å². The van der Waals surface area contributed by atoms with Crippen LogP contribution >= 0.6 is 0 Å². The summed E-state index contributed by atoms with van der Waals surface area (Å²) in [6.45, 7) is 0. The van der Waals surface area contributed by atoms with E-state index in [9.17, 15) is 0 Å². The fourth-order valence-electron chi connectivity index (χ4n) is 8.05. The molecule has 0 radical (unpaired) electrons. The zero-order valence-corrected chi connectivity index (χ0v) is 25.4. The lowest BCUT2D eigenvalue weighted by molar-refractivity contribution is 0.436. The summed E-state index contributed by atoms with van der Waals surface area (Å²) >= 11 is 0. The molecule has 1 heterocycles. The zero-order valence-electron chi connectivity index (χ0n) is 25.4. The number of nitrogens with zero attached hydrogens (tertiary/aromatic N) is 1. The van der Waals surface area contributed by atoms with Crippen LogP contribution in [0.5, 0.6) is 11.5 Å². The lowest BCUT2D eigenvalue weighted by atomic mass is 9.66. The number of ether oxygens (including phenoxy) is 1. The van der Waals surface area contributed by atoms with E-state index in [0.717, 1.165) is 39.7 Å². The van der Waals surface area contributed by atoms with E-state index in [2.05, 4.69) is 169 Å². The van der Waals surface area contributed by atoms with Crippen LogP contribution in [0.2, 0.25) is 0 Å². The van der Waals surface area contributed by atoms with Gasteiger partial charge in [0.25, 0.3) is 0 Å². The van der Waals surface area contributed by atoms with Gasteiger partial charge in [0.15, 0.2) is 0 Å². The number of rotatable bonds is 3. The largest absolute Gasteiger partial charge is 0.456 e. The summed E-state index contributed by atoms with van der Waals surface area (Å²) in [6, 6.07) is 65.4. The SMILES string of the molecule is c1ccc2c(c#1)C1(c3ccccc3O2)c2ccc(N(c3ccccc3)c3cccc4ccccc34)cc2-c2c1ccc1ccccc21. The molecule has 2 aliphatic rings. The third kappa shape index (κ3) is 3.57. The van der Waals surface area contributed by atoms with Crippen LogP contribution in [0, 0.1) is 12.1 Å². The van der Waals surface area contributed by atoms with E-state index >= 15 is 0 Å². The average molecular weight is 598 g/mol. The zero-order chi connectivity index (χ0) is 31.0. The highest BCUT2D eigenvalue weighted by Gasteiger charge is 2.52. The third-order valence-corrected chi connectivity index (χ3v) is 9.94. The molecule has 8 aromatic carbocycles. The topological polar surface area (TPSA) is 12.5 Å². The van der Waals surface area contributed by atoms with Gasteiger partial charge in [-0.05, 0) is 86.9 Å². The minimum absolute atomic E-state index is 0.605. The lowest BCUT2D eigenvalue weighted by Crippen LogP contribution is -2.31. The molecule has 2 heteroatoms. The second kappa shape index (κ2) is 9.85. The minimum Gasteiger partial charge on any atom is -0.456 e. The van der Waals surface area contributed by atoms with E-state index in [-0.39, 0.29) is 0 Å². The molecule has 1 aliphatic carbocycles. The minimum atomic E-state index is -0.605. The molecule has 0 N–H and O–H groups in total. The maximum atomic E-state index is 6.54. The molecule has 47 heavy (non-hydrogen) atoms. The molecule has 0 saturated heterocycles. The van der Waals surface area contributed by atoms with Gasteiger partial charge in [-0.25, -0.2) is 0 Å². The Labute approximate surface area is 273 Å². The summed E-state index contributed by atoms with van der Waals surface area (Å²) in [5.41, 5.74) is 9.82. The van der Waals surface area contributed by atoms with Crippen molar-refractivity contribution in [3.63, 3.8) is 0 Å². The van der Waals surface area contributed by atoms with Gasteiger partial charge in [-0.1, -0.05) is 127 Å². The van der Waals surface area contributed by atoms with Crippen LogP contribution in [0.25, 0.3) is 32.7 Å². The smallest absolute Gasteiger partial charge is 0.141 e. The normalized spacial score (nSPS) is 13.3. The Morgan fingerprint density at radius 3 is 2.13 bits per heavy atom. The fraction of sp³-hybridized carbons (Fsp3) is 0.0222. The summed E-state index contributed by atoms with van der Waals surface area (Å²) in [6.07, 6.45) is 0. The monoisotopic (exact) mass is 597 g/mol. The molecule has 0 amide bonds. The van der Waals surface area contributed by atoms with Gasteiger partial charge in [0.1, 0.15) is 11.5 Å². The van der Waals surface area contributed by atoms with Crippen molar-refractivity contribution in [1.82, 2.24) is 0 Å². The molecule has 1 aliphatic heterocycles. The number of hydrogen-bond acceptors (Lipinski definition) is 2. The first-order chi connectivity index (χ1) is 23.3. The first kappa shape index (κ1) is 26.0. The Hall–Kier alpha value is -6.30. The van der Waals surface area contributed by atoms with Crippen LogP contribution in [0.1, 0.15) is 22.3 Å². The third-order valence-electron chi connectivity index (χ3n) is 9.94. The maximum absolute atomic E-state index is 6.54. The van der Waals surface area contributed by atoms with Gasteiger partial charge in [0, 0.05) is 22.3 Å². The maximum Gasteiger partial charge on any atom is 0.141 e. The average Bonchev–Trinajstić information content (AvgIpc) is 3.43. The molecule has 2 nitrogen and oxygen atoms in total. The molecule has 1 spiro atoms. The molecule has 0 aromatic heterocycles. The molecule has 0 bridgehead atoms. The highest BCUT2D eigenvalue weighted by Crippen LogP contribution is 2.63. The quantitative estimate of drug-likeness (QED) is 0.201. The van der Waals surface area contributed by atoms with Crippen molar-refractivity contribution >= 4 is 38.6 Å². The van der Waals surface area contributed by atoms with E-state index in [4.69, 9.17) is 4.74 Å². The predicted octanol–water partition coefficient (Wildman–Crippen LogP) is 11.5. The fourth-order valence-corrected chi connectivity index (χ4v) is 8.05. The highest BCUT2D eigenvalue weighted by molar-refractivity contribution is 6.06. The molecular weight excluding hydrogens is 571 g/mol. The van der Waals surface area contributed by atoms with E-state index < -0.39 is 5.41 Å². The van der Waals surface area contributed by atoms with Crippen molar-refractivity contribution in [2.24, 2.45) is 0 Å². The Balaban J connectivity index is 1.32. The highest BCUT2D eigenvalue weighted by atomic mass is 16.5. The van der Waals surface area contributed by atoms with Crippen LogP contribution in [0.4, 0.5) is 17.1 Å². The van der Waals surface area contributed by atoms with E-state index in [1.807, 2.05) is 12.1 Å². The molecule has 1 unspecified atom stereocenters. The number of para-hydroxylation sites is 2. The second-order valence-electron chi connectivity index (χ2n) is 12.3. The van der Waals surface area contributed by atoms with Gasteiger partial charge >= 0.3 is 0 Å². The Morgan fingerprint density at radius 2 is 1.23 bits per heavy atom. The van der Waals surface area contributed by atoms with Gasteiger partial charge in [0.05, 0.1) is 16.7 Å². The molecule has 0 fully saturated rings. The predicted molar refractivity (Wildman–Crippen MR) is 191 cm³/mol. The number of benzene rings is 7. The van der Waals surface area contributed by atoms with Crippen LogP contribution < -0.4 is 9.64 Å². The number of anilines is 3. The van der Waals surface area contributed by atoms with Crippen LogP contribution in [0.15, 0.2) is 164 Å². The van der Waals surface area contributed by atoms with Crippen molar-refractivity contribution in [3.8, 4) is 22.6 Å². The van der Waals surface area contributed by atoms with Gasteiger partial charge in [-0.2, -0.15) is 0 Å². The summed E-state index contributed by atoms with van der Waals surface area (Å²) in [7, 11) is 0. The Kier molecular flexibility index (Phi) is 5.44. The van der Waals surface area contributed by atoms with Crippen molar-refractivity contribution in [1.29, 1.82) is 0 Å². The number of fused-ring (bicyclic) bond motifs is 12. The van der Waals surface area contributed by atoms with E-state index in [1.165, 1.54) is 43.8 Å². The van der Waals surface area contributed by atoms with Gasteiger partial charge < -0.3 is 9.64 Å². The molecule has 8 aromatic rings. The Morgan fingerprint density at radius 1 is 0.511 bits per heavy atom.